The van der Waals surface area contributed by atoms with Crippen LogP contribution in [-0.2, 0) is 0 Å². The zero-order chi connectivity index (χ0) is 19.1. The fourth-order valence-electron chi connectivity index (χ4n) is 2.25. The maximum Gasteiger partial charge on any atom is 0.168 e. The van der Waals surface area contributed by atoms with Crippen molar-refractivity contribution in [2.24, 2.45) is 0 Å². The first kappa shape index (κ1) is 21.5. The summed E-state index contributed by atoms with van der Waals surface area (Å²) in [7, 11) is 1.11. The van der Waals surface area contributed by atoms with Crippen molar-refractivity contribution >= 4 is 5.69 Å². The van der Waals surface area contributed by atoms with Gasteiger partial charge >= 0.3 is 0 Å². The van der Waals surface area contributed by atoms with Gasteiger partial charge in [0, 0.05) is 13.1 Å². The second-order valence-electron chi connectivity index (χ2n) is 5.67. The molecule has 0 saturated carbocycles. The van der Waals surface area contributed by atoms with Crippen LogP contribution in [0.5, 0.6) is 0 Å². The normalized spacial score (nSPS) is 17.6. The molecular weight excluding hydrogens is 358 g/mol. The van der Waals surface area contributed by atoms with Gasteiger partial charge in [-0.2, -0.15) is 0 Å². The highest BCUT2D eigenvalue weighted by atomic mass is 19.2. The van der Waals surface area contributed by atoms with E-state index in [4.69, 9.17) is 0 Å². The molecule has 5 atom stereocenters. The first-order chi connectivity index (χ1) is 11.7. The van der Waals surface area contributed by atoms with Crippen molar-refractivity contribution in [3.63, 3.8) is 0 Å². The second kappa shape index (κ2) is 9.82. The predicted molar refractivity (Wildman–Crippen MR) is 79.3 cm³/mol. The van der Waals surface area contributed by atoms with Crippen LogP contribution in [0.2, 0.25) is 0 Å². The number of alkyl halides is 6. The summed E-state index contributed by atoms with van der Waals surface area (Å²) in [6, 6.07) is 2.33. The van der Waals surface area contributed by atoms with E-state index in [1.807, 2.05) is 0 Å². The Kier molecular flexibility index (Phi) is 8.44. The quantitative estimate of drug-likeness (QED) is 0.528. The summed E-state index contributed by atoms with van der Waals surface area (Å²) in [4.78, 5) is 0.797. The van der Waals surface area contributed by atoms with Gasteiger partial charge in [-0.25, -0.2) is 30.7 Å². The molecule has 0 N–H and O–H groups in total. The lowest BCUT2D eigenvalue weighted by Crippen LogP contribution is -2.43. The van der Waals surface area contributed by atoms with Crippen molar-refractivity contribution in [1.29, 1.82) is 0 Å². The van der Waals surface area contributed by atoms with E-state index < -0.39 is 67.8 Å². The third-order valence-corrected chi connectivity index (χ3v) is 3.68. The lowest BCUT2D eigenvalue weighted by molar-refractivity contribution is 0.000655. The molecule has 0 aliphatic carbocycles. The topological polar surface area (TPSA) is 3.24 Å². The molecule has 0 bridgehead atoms. The van der Waals surface area contributed by atoms with E-state index in [-0.39, 0.29) is 6.42 Å². The van der Waals surface area contributed by atoms with E-state index in [9.17, 15) is 35.1 Å². The smallest absolute Gasteiger partial charge is 0.168 e. The molecule has 0 spiro atoms. The molecule has 0 saturated heterocycles. The number of halogens is 8. The first-order valence-corrected chi connectivity index (χ1v) is 7.61. The molecule has 25 heavy (non-hydrogen) atoms. The molecule has 5 unspecified atom stereocenters. The number of rotatable bonds is 10. The van der Waals surface area contributed by atoms with Crippen molar-refractivity contribution in [3.8, 4) is 0 Å². The van der Waals surface area contributed by atoms with Gasteiger partial charge in [0.05, 0.1) is 18.9 Å². The van der Waals surface area contributed by atoms with Gasteiger partial charge in [-0.05, 0) is 25.0 Å². The van der Waals surface area contributed by atoms with Crippen LogP contribution in [0.3, 0.4) is 0 Å². The summed E-state index contributed by atoms with van der Waals surface area (Å²) in [5.74, 6) is -1.74. The highest BCUT2D eigenvalue weighted by molar-refractivity contribution is 5.47. The van der Waals surface area contributed by atoms with Gasteiger partial charge in [-0.1, -0.05) is 0 Å². The molecule has 0 aliphatic heterocycles. The highest BCUT2D eigenvalue weighted by Crippen LogP contribution is 2.25. The van der Waals surface area contributed by atoms with E-state index in [2.05, 4.69) is 0 Å². The number of benzene rings is 1. The SMILES string of the molecule is CN(CC(F)C(F)C(F)C(F)C(F)CCCF)c1cc(F)ccc1F. The van der Waals surface area contributed by atoms with E-state index >= 15 is 0 Å². The number of hydrogen-bond donors (Lipinski definition) is 0. The highest BCUT2D eigenvalue weighted by Gasteiger charge is 2.40. The van der Waals surface area contributed by atoms with Gasteiger partial charge in [0.25, 0.3) is 0 Å². The van der Waals surface area contributed by atoms with Crippen molar-refractivity contribution in [2.45, 2.75) is 43.7 Å². The van der Waals surface area contributed by atoms with Crippen LogP contribution in [0.25, 0.3) is 0 Å². The zero-order valence-electron chi connectivity index (χ0n) is 13.4. The summed E-state index contributed by atoms with van der Waals surface area (Å²) < 4.78 is 107. The molecule has 1 aromatic carbocycles. The maximum atomic E-state index is 13.9. The van der Waals surface area contributed by atoms with Crippen molar-refractivity contribution in [1.82, 2.24) is 0 Å². The monoisotopic (exact) mass is 377 g/mol. The molecular formula is C16H19F8N. The fourth-order valence-corrected chi connectivity index (χ4v) is 2.25. The van der Waals surface area contributed by atoms with Crippen LogP contribution in [0.1, 0.15) is 12.8 Å². The second-order valence-corrected chi connectivity index (χ2v) is 5.67. The van der Waals surface area contributed by atoms with Gasteiger partial charge in [0.1, 0.15) is 17.8 Å². The summed E-state index contributed by atoms with van der Waals surface area (Å²) in [6.07, 6.45) is -15.2. The minimum absolute atomic E-state index is 0.369. The van der Waals surface area contributed by atoms with Crippen LogP contribution < -0.4 is 4.90 Å². The average molecular weight is 377 g/mol. The van der Waals surface area contributed by atoms with Crippen LogP contribution in [0.15, 0.2) is 18.2 Å². The van der Waals surface area contributed by atoms with E-state index in [1.54, 1.807) is 0 Å². The molecule has 0 heterocycles. The van der Waals surface area contributed by atoms with Gasteiger partial charge in [-0.15, -0.1) is 0 Å². The number of hydrogen-bond acceptors (Lipinski definition) is 1. The Balaban J connectivity index is 2.68. The molecule has 1 nitrogen and oxygen atoms in total. The molecule has 0 fully saturated rings. The maximum absolute atomic E-state index is 13.9. The standard InChI is InChI=1S/C16H19F8N/c1-25(13-7-9(18)4-5-10(13)19)8-12(21)15(23)16(24)14(22)11(20)3-2-6-17/h4-5,7,11-12,14-16H,2-3,6,8H2,1H3. The van der Waals surface area contributed by atoms with E-state index in [1.165, 1.54) is 0 Å². The number of nitrogens with zero attached hydrogens (tertiary/aromatic N) is 1. The van der Waals surface area contributed by atoms with Gasteiger partial charge in [0.2, 0.25) is 0 Å². The molecule has 0 amide bonds. The molecule has 0 aliphatic rings. The fraction of sp³-hybridized carbons (Fsp3) is 0.625. The zero-order valence-corrected chi connectivity index (χ0v) is 13.4. The van der Waals surface area contributed by atoms with Crippen molar-refractivity contribution in [2.75, 3.05) is 25.2 Å². The van der Waals surface area contributed by atoms with Crippen molar-refractivity contribution < 1.29 is 35.1 Å². The molecule has 0 aromatic heterocycles. The lowest BCUT2D eigenvalue weighted by atomic mass is 10.0. The van der Waals surface area contributed by atoms with Crippen LogP contribution in [0, 0.1) is 11.6 Å². The van der Waals surface area contributed by atoms with Crippen molar-refractivity contribution in [3.05, 3.63) is 29.8 Å². The molecule has 0 radical (unpaired) electrons. The molecule has 144 valence electrons. The Bertz CT molecular complexity index is 529. The van der Waals surface area contributed by atoms with Crippen LogP contribution in [-0.4, -0.2) is 51.1 Å². The summed E-state index contributed by atoms with van der Waals surface area (Å²) >= 11 is 0. The van der Waals surface area contributed by atoms with Gasteiger partial charge < -0.3 is 4.90 Å². The third kappa shape index (κ3) is 6.04. The molecule has 1 aromatic rings. The number of anilines is 1. The Morgan fingerprint density at radius 2 is 1.52 bits per heavy atom. The van der Waals surface area contributed by atoms with E-state index in [0.29, 0.717) is 0 Å². The summed E-state index contributed by atoms with van der Waals surface area (Å²) in [5, 5.41) is 0. The Morgan fingerprint density at radius 1 is 0.920 bits per heavy atom. The van der Waals surface area contributed by atoms with E-state index in [0.717, 1.165) is 30.1 Å². The van der Waals surface area contributed by atoms with Crippen LogP contribution in [0.4, 0.5) is 40.8 Å². The molecule has 1 rings (SSSR count). The Hall–Kier alpha value is -1.54. The summed E-state index contributed by atoms with van der Waals surface area (Å²) in [5.41, 5.74) is -0.395. The Labute approximate surface area is 140 Å². The minimum atomic E-state index is -3.10. The average Bonchev–Trinajstić information content (AvgIpc) is 2.59. The first-order valence-electron chi connectivity index (χ1n) is 7.61. The third-order valence-electron chi connectivity index (χ3n) is 3.68. The summed E-state index contributed by atoms with van der Waals surface area (Å²) in [6.45, 7) is -1.85. The molecule has 9 heteroatoms. The van der Waals surface area contributed by atoms with Gasteiger partial charge in [0.15, 0.2) is 24.7 Å². The van der Waals surface area contributed by atoms with Crippen LogP contribution >= 0.6 is 0 Å². The Morgan fingerprint density at radius 3 is 2.12 bits per heavy atom. The minimum Gasteiger partial charge on any atom is -0.369 e. The van der Waals surface area contributed by atoms with Gasteiger partial charge in [-0.3, -0.25) is 4.39 Å². The largest absolute Gasteiger partial charge is 0.369 e. The predicted octanol–water partition coefficient (Wildman–Crippen LogP) is 4.84. The lowest BCUT2D eigenvalue weighted by Gasteiger charge is -2.26.